The van der Waals surface area contributed by atoms with E-state index in [2.05, 4.69) is 4.74 Å². The molecule has 0 aliphatic carbocycles. The van der Waals surface area contributed by atoms with Gasteiger partial charge in [-0.05, 0) is 12.1 Å². The van der Waals surface area contributed by atoms with Crippen molar-refractivity contribution < 1.29 is 27.4 Å². The van der Waals surface area contributed by atoms with E-state index in [4.69, 9.17) is 10.00 Å². The quantitative estimate of drug-likeness (QED) is 0.765. The molecule has 0 N–H and O–H groups in total. The maximum atomic E-state index is 12.7. The zero-order valence-electron chi connectivity index (χ0n) is 9.46. The Morgan fingerprint density at radius 3 is 2.33 bits per heavy atom. The molecule has 96 valence electrons. The third-order valence-electron chi connectivity index (χ3n) is 2.17. The van der Waals surface area contributed by atoms with Crippen LogP contribution in [-0.2, 0) is 10.9 Å². The molecule has 0 aromatic heterocycles. The molecule has 1 aromatic carbocycles. The molecule has 0 aliphatic rings. The van der Waals surface area contributed by atoms with E-state index in [0.29, 0.717) is 6.07 Å². The first-order valence-corrected chi connectivity index (χ1v) is 4.62. The maximum absolute atomic E-state index is 12.7. The molecule has 0 atom stereocenters. The van der Waals surface area contributed by atoms with Crippen LogP contribution in [0.1, 0.15) is 21.5 Å². The molecule has 0 saturated heterocycles. The van der Waals surface area contributed by atoms with Crippen LogP contribution >= 0.6 is 0 Å². The van der Waals surface area contributed by atoms with Gasteiger partial charge in [-0.3, -0.25) is 0 Å². The fourth-order valence-electron chi connectivity index (χ4n) is 1.35. The van der Waals surface area contributed by atoms with E-state index in [-0.39, 0.29) is 11.3 Å². The SMILES string of the molecule is COC(=O)c1cc(OC)c(C#N)cc1C(F)(F)F. The van der Waals surface area contributed by atoms with Crippen LogP contribution in [0.5, 0.6) is 5.75 Å². The van der Waals surface area contributed by atoms with E-state index in [1.54, 1.807) is 6.07 Å². The Hall–Kier alpha value is -2.23. The second kappa shape index (κ2) is 4.96. The van der Waals surface area contributed by atoms with E-state index in [1.807, 2.05) is 0 Å². The van der Waals surface area contributed by atoms with Gasteiger partial charge in [0.25, 0.3) is 0 Å². The molecule has 0 heterocycles. The molecule has 0 spiro atoms. The Kier molecular flexibility index (Phi) is 3.81. The Balaban J connectivity index is 3.58. The molecule has 18 heavy (non-hydrogen) atoms. The number of nitrogens with zero attached hydrogens (tertiary/aromatic N) is 1. The van der Waals surface area contributed by atoms with E-state index in [9.17, 15) is 18.0 Å². The average Bonchev–Trinajstić information content (AvgIpc) is 2.34. The summed E-state index contributed by atoms with van der Waals surface area (Å²) in [6, 6.07) is 2.97. The molecule has 0 amide bonds. The van der Waals surface area contributed by atoms with Crippen molar-refractivity contribution >= 4 is 5.97 Å². The summed E-state index contributed by atoms with van der Waals surface area (Å²) in [4.78, 5) is 11.3. The van der Waals surface area contributed by atoms with Gasteiger partial charge in [0.2, 0.25) is 0 Å². The number of alkyl halides is 3. The zero-order chi connectivity index (χ0) is 13.9. The van der Waals surface area contributed by atoms with E-state index < -0.39 is 23.3 Å². The summed E-state index contributed by atoms with van der Waals surface area (Å²) in [6.45, 7) is 0. The van der Waals surface area contributed by atoms with Gasteiger partial charge in [0.15, 0.2) is 0 Å². The van der Waals surface area contributed by atoms with E-state index >= 15 is 0 Å². The summed E-state index contributed by atoms with van der Waals surface area (Å²) in [5.74, 6) is -1.27. The number of benzene rings is 1. The van der Waals surface area contributed by atoms with Crippen molar-refractivity contribution in [3.05, 3.63) is 28.8 Å². The molecule has 7 heteroatoms. The second-order valence-electron chi connectivity index (χ2n) is 3.20. The molecule has 0 fully saturated rings. The lowest BCUT2D eigenvalue weighted by atomic mass is 10.0. The van der Waals surface area contributed by atoms with Crippen LogP contribution in [0, 0.1) is 11.3 Å². The molecule has 0 bridgehead atoms. The minimum Gasteiger partial charge on any atom is -0.495 e. The zero-order valence-corrected chi connectivity index (χ0v) is 9.46. The predicted octanol–water partition coefficient (Wildman–Crippen LogP) is 2.37. The van der Waals surface area contributed by atoms with Crippen LogP contribution in [0.4, 0.5) is 13.2 Å². The normalized spacial score (nSPS) is 10.7. The molecule has 1 aromatic rings. The molecule has 0 unspecified atom stereocenters. The summed E-state index contributed by atoms with van der Waals surface area (Å²) in [7, 11) is 2.15. The number of hydrogen-bond acceptors (Lipinski definition) is 4. The van der Waals surface area contributed by atoms with Gasteiger partial charge < -0.3 is 9.47 Å². The van der Waals surface area contributed by atoms with Crippen LogP contribution in [0.25, 0.3) is 0 Å². The molecule has 0 aliphatic heterocycles. The highest BCUT2D eigenvalue weighted by Crippen LogP contribution is 2.35. The Morgan fingerprint density at radius 1 is 1.33 bits per heavy atom. The summed E-state index contributed by atoms with van der Waals surface area (Å²) < 4.78 is 47.2. The first-order chi connectivity index (χ1) is 8.35. The molecule has 1 rings (SSSR count). The van der Waals surface area contributed by atoms with Gasteiger partial charge in [-0.1, -0.05) is 0 Å². The van der Waals surface area contributed by atoms with Crippen LogP contribution in [0.15, 0.2) is 12.1 Å². The van der Waals surface area contributed by atoms with Crippen molar-refractivity contribution in [2.24, 2.45) is 0 Å². The molecular weight excluding hydrogens is 251 g/mol. The number of hydrogen-bond donors (Lipinski definition) is 0. The Morgan fingerprint density at radius 2 is 1.94 bits per heavy atom. The number of esters is 1. The van der Waals surface area contributed by atoms with Gasteiger partial charge in [-0.25, -0.2) is 4.79 Å². The topological polar surface area (TPSA) is 59.3 Å². The largest absolute Gasteiger partial charge is 0.495 e. The summed E-state index contributed by atoms with van der Waals surface area (Å²) in [5.41, 5.74) is -2.23. The van der Waals surface area contributed by atoms with Crippen molar-refractivity contribution in [1.82, 2.24) is 0 Å². The fourth-order valence-corrected chi connectivity index (χ4v) is 1.35. The highest BCUT2D eigenvalue weighted by atomic mass is 19.4. The molecular formula is C11H8F3NO3. The lowest BCUT2D eigenvalue weighted by molar-refractivity contribution is -0.138. The smallest absolute Gasteiger partial charge is 0.417 e. The number of ether oxygens (including phenoxy) is 2. The van der Waals surface area contributed by atoms with Gasteiger partial charge >= 0.3 is 12.1 Å². The predicted molar refractivity (Wildman–Crippen MR) is 54.1 cm³/mol. The van der Waals surface area contributed by atoms with Crippen molar-refractivity contribution in [3.8, 4) is 11.8 Å². The number of nitriles is 1. The van der Waals surface area contributed by atoms with Crippen molar-refractivity contribution in [1.29, 1.82) is 5.26 Å². The first-order valence-electron chi connectivity index (χ1n) is 4.62. The monoisotopic (exact) mass is 259 g/mol. The highest BCUT2D eigenvalue weighted by molar-refractivity contribution is 5.92. The summed E-state index contributed by atoms with van der Waals surface area (Å²) in [5, 5.41) is 8.71. The lowest BCUT2D eigenvalue weighted by Gasteiger charge is -2.13. The number of carbonyl (C=O) groups is 1. The van der Waals surface area contributed by atoms with Crippen molar-refractivity contribution in [2.75, 3.05) is 14.2 Å². The number of halogens is 3. The van der Waals surface area contributed by atoms with Gasteiger partial charge in [-0.2, -0.15) is 18.4 Å². The van der Waals surface area contributed by atoms with E-state index in [0.717, 1.165) is 13.2 Å². The minimum atomic E-state index is -4.76. The Bertz CT molecular complexity index is 517. The van der Waals surface area contributed by atoms with Gasteiger partial charge in [-0.15, -0.1) is 0 Å². The maximum Gasteiger partial charge on any atom is 0.417 e. The highest BCUT2D eigenvalue weighted by Gasteiger charge is 2.37. The standard InChI is InChI=1S/C11H8F3NO3/c1-17-9-4-7(10(16)18-2)8(11(12,13)14)3-6(9)5-15/h3-4H,1-2H3. The number of rotatable bonds is 2. The van der Waals surface area contributed by atoms with Crippen LogP contribution in [0.2, 0.25) is 0 Å². The minimum absolute atomic E-state index is 0.120. The van der Waals surface area contributed by atoms with E-state index in [1.165, 1.54) is 7.11 Å². The third-order valence-corrected chi connectivity index (χ3v) is 2.17. The first kappa shape index (κ1) is 13.8. The second-order valence-corrected chi connectivity index (χ2v) is 3.20. The number of carbonyl (C=O) groups excluding carboxylic acids is 1. The van der Waals surface area contributed by atoms with Crippen LogP contribution in [0.3, 0.4) is 0 Å². The fraction of sp³-hybridized carbons (Fsp3) is 0.273. The van der Waals surface area contributed by atoms with Crippen molar-refractivity contribution in [3.63, 3.8) is 0 Å². The Labute approximate surface area is 101 Å². The van der Waals surface area contributed by atoms with Gasteiger partial charge in [0.05, 0.1) is 30.9 Å². The average molecular weight is 259 g/mol. The van der Waals surface area contributed by atoms with Crippen molar-refractivity contribution in [2.45, 2.75) is 6.18 Å². The summed E-state index contributed by atoms with van der Waals surface area (Å²) in [6.07, 6.45) is -4.76. The van der Waals surface area contributed by atoms with Gasteiger partial charge in [0, 0.05) is 0 Å². The summed E-state index contributed by atoms with van der Waals surface area (Å²) >= 11 is 0. The molecule has 0 radical (unpaired) electrons. The molecule has 4 nitrogen and oxygen atoms in total. The lowest BCUT2D eigenvalue weighted by Crippen LogP contribution is -2.15. The number of methoxy groups -OCH3 is 2. The molecule has 0 saturated carbocycles. The van der Waals surface area contributed by atoms with Gasteiger partial charge in [0.1, 0.15) is 11.8 Å². The van der Waals surface area contributed by atoms with Crippen LogP contribution in [-0.4, -0.2) is 20.2 Å². The van der Waals surface area contributed by atoms with Crippen LogP contribution < -0.4 is 4.74 Å². The third kappa shape index (κ3) is 2.53.